The summed E-state index contributed by atoms with van der Waals surface area (Å²) in [6.07, 6.45) is 4.96. The third-order valence-electron chi connectivity index (χ3n) is 7.27. The number of hydrogen-bond donors (Lipinski definition) is 1. The Morgan fingerprint density at radius 1 is 1.12 bits per heavy atom. The first-order valence-corrected chi connectivity index (χ1v) is 9.78. The van der Waals surface area contributed by atoms with Crippen molar-refractivity contribution in [3.8, 4) is 0 Å². The second-order valence-electron chi connectivity index (χ2n) is 8.74. The molecule has 1 N–H and O–H groups in total. The third-order valence-corrected chi connectivity index (χ3v) is 7.27. The van der Waals surface area contributed by atoms with Crippen LogP contribution in [0, 0.1) is 23.7 Å². The van der Waals surface area contributed by atoms with Gasteiger partial charge < -0.3 is 14.6 Å². The zero-order chi connectivity index (χ0) is 17.1. The summed E-state index contributed by atoms with van der Waals surface area (Å²) in [5, 5.41) is 10.2. The highest BCUT2D eigenvalue weighted by atomic mass is 17.3. The van der Waals surface area contributed by atoms with Crippen LogP contribution in [-0.4, -0.2) is 35.0 Å². The molecule has 5 aliphatic rings. The number of fused-ring (bicyclic) bond motifs is 2. The normalized spacial score (nSPS) is 54.9. The Labute approximate surface area is 144 Å². The van der Waals surface area contributed by atoms with E-state index in [1.54, 1.807) is 0 Å². The molecular weight excluding hydrogens is 308 g/mol. The standard InChI is InChI=1S/C19H32O5/c1-5-13(20)10-16-12(3)15-7-6-11(2)14-8-9-18(4)22-17(21-16)19(14,15)24-23-18/h11-17,20H,5-10H2,1-4H3/t11-,12-,13-,14+,15+,16-,17-,18-,19-/m1/s1. The van der Waals surface area contributed by atoms with Crippen LogP contribution in [0.1, 0.15) is 66.2 Å². The van der Waals surface area contributed by atoms with Crippen molar-refractivity contribution in [1.82, 2.24) is 0 Å². The van der Waals surface area contributed by atoms with Crippen LogP contribution in [0.4, 0.5) is 0 Å². The molecule has 5 heteroatoms. The third kappa shape index (κ3) is 2.39. The molecule has 5 rings (SSSR count). The minimum atomic E-state index is -0.716. The average molecular weight is 340 g/mol. The lowest BCUT2D eigenvalue weighted by Crippen LogP contribution is -2.70. The van der Waals surface area contributed by atoms with E-state index >= 15 is 0 Å². The largest absolute Gasteiger partial charge is 0.393 e. The number of aliphatic hydroxyl groups excluding tert-OH is 1. The van der Waals surface area contributed by atoms with Crippen molar-refractivity contribution in [3.63, 3.8) is 0 Å². The Morgan fingerprint density at radius 2 is 1.92 bits per heavy atom. The molecule has 4 heterocycles. The van der Waals surface area contributed by atoms with Crippen LogP contribution in [0.2, 0.25) is 0 Å². The fourth-order valence-corrected chi connectivity index (χ4v) is 5.68. The lowest BCUT2D eigenvalue weighted by molar-refractivity contribution is -0.571. The maximum absolute atomic E-state index is 10.2. The van der Waals surface area contributed by atoms with Gasteiger partial charge in [0, 0.05) is 12.3 Å². The quantitative estimate of drug-likeness (QED) is 0.798. The SMILES string of the molecule is CC[C@@H](O)C[C@H]1O[C@@H]2O[C@@]3(C)CC[C@H]4[C@H](C)CC[C@@H]([C@H]1C)[C@@]24OO3. The van der Waals surface area contributed by atoms with E-state index < -0.39 is 11.4 Å². The highest BCUT2D eigenvalue weighted by Gasteiger charge is 2.69. The first-order valence-electron chi connectivity index (χ1n) is 9.78. The zero-order valence-corrected chi connectivity index (χ0v) is 15.4. The molecule has 0 aromatic carbocycles. The summed E-state index contributed by atoms with van der Waals surface area (Å²) in [5.74, 6) is 0.961. The molecular formula is C19H32O5. The zero-order valence-electron chi connectivity index (χ0n) is 15.4. The van der Waals surface area contributed by atoms with E-state index in [4.69, 9.17) is 19.2 Å². The van der Waals surface area contributed by atoms with Crippen LogP contribution in [0.5, 0.6) is 0 Å². The molecule has 0 radical (unpaired) electrons. The van der Waals surface area contributed by atoms with Crippen LogP contribution in [-0.2, 0) is 19.2 Å². The van der Waals surface area contributed by atoms with Crippen molar-refractivity contribution in [2.75, 3.05) is 0 Å². The van der Waals surface area contributed by atoms with Crippen LogP contribution < -0.4 is 0 Å². The highest BCUT2D eigenvalue weighted by molar-refractivity contribution is 5.09. The maximum Gasteiger partial charge on any atom is 0.201 e. The molecule has 4 aliphatic heterocycles. The molecule has 24 heavy (non-hydrogen) atoms. The first kappa shape index (κ1) is 17.2. The van der Waals surface area contributed by atoms with E-state index in [0.717, 1.165) is 25.7 Å². The van der Waals surface area contributed by atoms with Gasteiger partial charge in [0.25, 0.3) is 0 Å². The summed E-state index contributed by atoms with van der Waals surface area (Å²) in [6.45, 7) is 8.54. The Bertz CT molecular complexity index is 484. The number of aliphatic hydroxyl groups is 1. The molecule has 9 atom stereocenters. The number of rotatable bonds is 3. The second kappa shape index (κ2) is 5.92. The van der Waals surface area contributed by atoms with Crippen LogP contribution >= 0.6 is 0 Å². The molecule has 0 aromatic heterocycles. The van der Waals surface area contributed by atoms with Gasteiger partial charge in [0.05, 0.1) is 12.2 Å². The summed E-state index contributed by atoms with van der Waals surface area (Å²) in [6, 6.07) is 0. The molecule has 0 amide bonds. The molecule has 138 valence electrons. The molecule has 4 saturated heterocycles. The van der Waals surface area contributed by atoms with E-state index in [1.165, 1.54) is 6.42 Å². The predicted molar refractivity (Wildman–Crippen MR) is 87.7 cm³/mol. The Kier molecular flexibility index (Phi) is 4.25. The maximum atomic E-state index is 10.2. The van der Waals surface area contributed by atoms with Crippen molar-refractivity contribution >= 4 is 0 Å². The van der Waals surface area contributed by atoms with Gasteiger partial charge in [0.2, 0.25) is 5.79 Å². The molecule has 1 aliphatic carbocycles. The minimum absolute atomic E-state index is 0.0150. The van der Waals surface area contributed by atoms with Gasteiger partial charge in [-0.25, -0.2) is 9.78 Å². The molecule has 5 fully saturated rings. The van der Waals surface area contributed by atoms with Gasteiger partial charge in [0.1, 0.15) is 0 Å². The van der Waals surface area contributed by atoms with Crippen molar-refractivity contribution in [3.05, 3.63) is 0 Å². The summed E-state index contributed by atoms with van der Waals surface area (Å²) in [7, 11) is 0. The van der Waals surface area contributed by atoms with Gasteiger partial charge in [-0.15, -0.1) is 0 Å². The van der Waals surface area contributed by atoms with Gasteiger partial charge in [-0.3, -0.25) is 0 Å². The number of ether oxygens (including phenoxy) is 2. The topological polar surface area (TPSA) is 57.2 Å². The van der Waals surface area contributed by atoms with Crippen molar-refractivity contribution in [1.29, 1.82) is 0 Å². The molecule has 1 spiro atoms. The van der Waals surface area contributed by atoms with Gasteiger partial charge in [-0.1, -0.05) is 20.8 Å². The Balaban J connectivity index is 1.69. The smallest absolute Gasteiger partial charge is 0.201 e. The molecule has 1 saturated carbocycles. The fraction of sp³-hybridized carbons (Fsp3) is 1.00. The number of hydrogen-bond acceptors (Lipinski definition) is 5. The lowest BCUT2D eigenvalue weighted by atomic mass is 9.57. The minimum Gasteiger partial charge on any atom is -0.393 e. The van der Waals surface area contributed by atoms with Crippen LogP contribution in [0.15, 0.2) is 0 Å². The summed E-state index contributed by atoms with van der Waals surface area (Å²) in [5.41, 5.74) is -0.485. The van der Waals surface area contributed by atoms with Gasteiger partial charge in [-0.05, 0) is 56.8 Å². The monoisotopic (exact) mass is 340 g/mol. The molecule has 2 bridgehead atoms. The van der Waals surface area contributed by atoms with E-state index in [-0.39, 0.29) is 18.5 Å². The van der Waals surface area contributed by atoms with Gasteiger partial charge in [0.15, 0.2) is 11.9 Å². The van der Waals surface area contributed by atoms with Crippen LogP contribution in [0.3, 0.4) is 0 Å². The van der Waals surface area contributed by atoms with Crippen molar-refractivity contribution < 1.29 is 24.4 Å². The molecule has 0 aromatic rings. The van der Waals surface area contributed by atoms with E-state index in [9.17, 15) is 5.11 Å². The highest BCUT2D eigenvalue weighted by Crippen LogP contribution is 2.60. The Hall–Kier alpha value is -0.200. The van der Waals surface area contributed by atoms with E-state index in [2.05, 4.69) is 13.8 Å². The summed E-state index contributed by atoms with van der Waals surface area (Å²) in [4.78, 5) is 11.9. The Morgan fingerprint density at radius 3 is 2.67 bits per heavy atom. The second-order valence-corrected chi connectivity index (χ2v) is 8.74. The average Bonchev–Trinajstić information content (AvgIpc) is 2.78. The molecule has 5 nitrogen and oxygen atoms in total. The van der Waals surface area contributed by atoms with Crippen molar-refractivity contribution in [2.45, 2.75) is 96.1 Å². The predicted octanol–water partition coefficient (Wildman–Crippen LogP) is 3.40. The first-order chi connectivity index (χ1) is 11.4. The summed E-state index contributed by atoms with van der Waals surface area (Å²) < 4.78 is 12.8. The fourth-order valence-electron chi connectivity index (χ4n) is 5.68. The van der Waals surface area contributed by atoms with Gasteiger partial charge in [-0.2, -0.15) is 0 Å². The van der Waals surface area contributed by atoms with Crippen LogP contribution in [0.25, 0.3) is 0 Å². The lowest BCUT2D eigenvalue weighted by Gasteiger charge is -2.60. The molecule has 0 unspecified atom stereocenters. The summed E-state index contributed by atoms with van der Waals surface area (Å²) >= 11 is 0. The van der Waals surface area contributed by atoms with Gasteiger partial charge >= 0.3 is 0 Å². The van der Waals surface area contributed by atoms with E-state index in [1.807, 2.05) is 13.8 Å². The van der Waals surface area contributed by atoms with Crippen molar-refractivity contribution in [2.24, 2.45) is 23.7 Å². The van der Waals surface area contributed by atoms with E-state index in [0.29, 0.717) is 30.1 Å².